The summed E-state index contributed by atoms with van der Waals surface area (Å²) in [6, 6.07) is 31.6. The molecule has 0 aliphatic heterocycles. The van der Waals surface area contributed by atoms with Gasteiger partial charge in [0.1, 0.15) is 0 Å². The summed E-state index contributed by atoms with van der Waals surface area (Å²) >= 11 is 0. The van der Waals surface area contributed by atoms with E-state index in [1.807, 2.05) is 18.2 Å². The molecule has 3 aromatic rings. The standard InChI is InChI=1S/C27H33NO/c1-5-24(25(29)26(2,3)4)28-27(21-15-9-6-10-16-21,22-17-11-7-12-18-22)23-19-13-8-14-20-23/h6-20,24-25,28-29H,5H2,1-4H3/t24-,25?/m1/s1. The number of rotatable bonds is 7. The van der Waals surface area contributed by atoms with Crippen molar-refractivity contribution in [3.8, 4) is 0 Å². The fraction of sp³-hybridized carbons (Fsp3) is 0.333. The highest BCUT2D eigenvalue weighted by Gasteiger charge is 2.41. The third-order valence-electron chi connectivity index (χ3n) is 5.73. The van der Waals surface area contributed by atoms with Gasteiger partial charge in [-0.15, -0.1) is 0 Å². The lowest BCUT2D eigenvalue weighted by molar-refractivity contribution is 0.0211. The van der Waals surface area contributed by atoms with Gasteiger partial charge in [-0.1, -0.05) is 119 Å². The topological polar surface area (TPSA) is 32.3 Å². The van der Waals surface area contributed by atoms with Crippen LogP contribution in [0, 0.1) is 5.41 Å². The summed E-state index contributed by atoms with van der Waals surface area (Å²) in [5, 5.41) is 15.1. The summed E-state index contributed by atoms with van der Waals surface area (Å²) in [4.78, 5) is 0. The Labute approximate surface area is 175 Å². The van der Waals surface area contributed by atoms with Gasteiger partial charge in [0.05, 0.1) is 11.6 Å². The molecule has 3 aromatic carbocycles. The Bertz CT molecular complexity index is 772. The van der Waals surface area contributed by atoms with E-state index in [0.29, 0.717) is 0 Å². The minimum absolute atomic E-state index is 0.0735. The molecule has 2 heteroatoms. The maximum Gasteiger partial charge on any atom is 0.0950 e. The van der Waals surface area contributed by atoms with Crippen LogP contribution in [0.25, 0.3) is 0 Å². The van der Waals surface area contributed by atoms with Crippen molar-refractivity contribution in [2.24, 2.45) is 5.41 Å². The molecule has 2 N–H and O–H groups in total. The lowest BCUT2D eigenvalue weighted by Gasteiger charge is -2.43. The monoisotopic (exact) mass is 387 g/mol. The average molecular weight is 388 g/mol. The maximum atomic E-state index is 11.2. The number of benzene rings is 3. The highest BCUT2D eigenvalue weighted by Crippen LogP contribution is 2.38. The quantitative estimate of drug-likeness (QED) is 0.506. The van der Waals surface area contributed by atoms with E-state index in [-0.39, 0.29) is 11.5 Å². The molecule has 3 rings (SSSR count). The van der Waals surface area contributed by atoms with Crippen LogP contribution >= 0.6 is 0 Å². The van der Waals surface area contributed by atoms with E-state index in [4.69, 9.17) is 0 Å². The van der Waals surface area contributed by atoms with Crippen molar-refractivity contribution in [1.82, 2.24) is 5.32 Å². The maximum absolute atomic E-state index is 11.2. The van der Waals surface area contributed by atoms with Gasteiger partial charge >= 0.3 is 0 Å². The molecule has 0 bridgehead atoms. The highest BCUT2D eigenvalue weighted by atomic mass is 16.3. The molecular formula is C27H33NO. The number of aliphatic hydroxyl groups excluding tert-OH is 1. The van der Waals surface area contributed by atoms with E-state index in [1.54, 1.807) is 0 Å². The molecule has 0 saturated heterocycles. The fourth-order valence-electron chi connectivity index (χ4n) is 4.10. The zero-order valence-electron chi connectivity index (χ0n) is 18.0. The van der Waals surface area contributed by atoms with E-state index >= 15 is 0 Å². The molecule has 0 aliphatic rings. The van der Waals surface area contributed by atoms with Crippen molar-refractivity contribution in [2.45, 2.75) is 51.8 Å². The first kappa shape index (κ1) is 21.3. The second-order valence-corrected chi connectivity index (χ2v) is 8.82. The lowest BCUT2D eigenvalue weighted by atomic mass is 9.74. The molecular weight excluding hydrogens is 354 g/mol. The van der Waals surface area contributed by atoms with Crippen molar-refractivity contribution >= 4 is 0 Å². The molecule has 2 atom stereocenters. The summed E-state index contributed by atoms with van der Waals surface area (Å²) in [6.45, 7) is 8.42. The van der Waals surface area contributed by atoms with Crippen molar-refractivity contribution in [3.05, 3.63) is 108 Å². The van der Waals surface area contributed by atoms with Crippen LogP contribution < -0.4 is 5.32 Å². The normalized spacial score (nSPS) is 14.4. The Kier molecular flexibility index (Phi) is 6.56. The van der Waals surface area contributed by atoms with E-state index < -0.39 is 11.6 Å². The molecule has 152 valence electrons. The second-order valence-electron chi connectivity index (χ2n) is 8.82. The van der Waals surface area contributed by atoms with Gasteiger partial charge in [0, 0.05) is 6.04 Å². The van der Waals surface area contributed by atoms with Crippen LogP contribution in [0.1, 0.15) is 50.8 Å². The molecule has 29 heavy (non-hydrogen) atoms. The van der Waals surface area contributed by atoms with E-state index in [9.17, 15) is 5.11 Å². The Hall–Kier alpha value is -2.42. The lowest BCUT2D eigenvalue weighted by Crippen LogP contribution is -2.56. The molecule has 0 fully saturated rings. The first-order chi connectivity index (χ1) is 13.9. The minimum atomic E-state index is -0.559. The van der Waals surface area contributed by atoms with E-state index in [1.165, 1.54) is 0 Å². The number of hydrogen-bond acceptors (Lipinski definition) is 2. The first-order valence-electron chi connectivity index (χ1n) is 10.5. The average Bonchev–Trinajstić information content (AvgIpc) is 2.76. The summed E-state index contributed by atoms with van der Waals surface area (Å²) in [6.07, 6.45) is 0.343. The van der Waals surface area contributed by atoms with Crippen LogP contribution in [-0.2, 0) is 5.54 Å². The fourth-order valence-corrected chi connectivity index (χ4v) is 4.10. The molecule has 0 aliphatic carbocycles. The van der Waals surface area contributed by atoms with Crippen molar-refractivity contribution in [1.29, 1.82) is 0 Å². The molecule has 0 aromatic heterocycles. The summed E-state index contributed by atoms with van der Waals surface area (Å²) in [7, 11) is 0. The Morgan fingerprint density at radius 2 is 1.03 bits per heavy atom. The number of nitrogens with one attached hydrogen (secondary N) is 1. The van der Waals surface area contributed by atoms with Gasteiger partial charge in [0.15, 0.2) is 0 Å². The number of hydrogen-bond donors (Lipinski definition) is 2. The van der Waals surface area contributed by atoms with Crippen molar-refractivity contribution in [2.75, 3.05) is 0 Å². The Morgan fingerprint density at radius 1 is 0.690 bits per heavy atom. The summed E-state index contributed by atoms with van der Waals surface area (Å²) in [5.41, 5.74) is 2.71. The predicted octanol–water partition coefficient (Wildman–Crippen LogP) is 5.75. The molecule has 1 unspecified atom stereocenters. The second kappa shape index (κ2) is 8.94. The third kappa shape index (κ3) is 4.44. The van der Waals surface area contributed by atoms with Gasteiger partial charge in [0.2, 0.25) is 0 Å². The summed E-state index contributed by atoms with van der Waals surface area (Å²) < 4.78 is 0. The van der Waals surface area contributed by atoms with Crippen LogP contribution in [0.4, 0.5) is 0 Å². The zero-order valence-corrected chi connectivity index (χ0v) is 18.0. The smallest absolute Gasteiger partial charge is 0.0950 e. The van der Waals surface area contributed by atoms with Gasteiger partial charge in [0.25, 0.3) is 0 Å². The van der Waals surface area contributed by atoms with Gasteiger partial charge in [-0.2, -0.15) is 0 Å². The molecule has 0 saturated carbocycles. The Balaban J connectivity index is 2.25. The van der Waals surface area contributed by atoms with Gasteiger partial charge in [-0.25, -0.2) is 0 Å². The van der Waals surface area contributed by atoms with Gasteiger partial charge < -0.3 is 5.11 Å². The van der Waals surface area contributed by atoms with Crippen LogP contribution in [0.2, 0.25) is 0 Å². The number of aliphatic hydroxyl groups is 1. The van der Waals surface area contributed by atoms with E-state index in [0.717, 1.165) is 23.1 Å². The summed E-state index contributed by atoms with van der Waals surface area (Å²) in [5.74, 6) is 0. The van der Waals surface area contributed by atoms with E-state index in [2.05, 4.69) is 106 Å². The molecule has 0 heterocycles. The SMILES string of the molecule is CC[C@@H](NC(c1ccccc1)(c1ccccc1)c1ccccc1)C(O)C(C)(C)C. The predicted molar refractivity (Wildman–Crippen MR) is 122 cm³/mol. The zero-order chi connectivity index (χ0) is 20.9. The largest absolute Gasteiger partial charge is 0.391 e. The first-order valence-corrected chi connectivity index (χ1v) is 10.5. The van der Waals surface area contributed by atoms with Gasteiger partial charge in [-0.3, -0.25) is 5.32 Å². The van der Waals surface area contributed by atoms with Crippen molar-refractivity contribution < 1.29 is 5.11 Å². The van der Waals surface area contributed by atoms with Crippen LogP contribution in [0.5, 0.6) is 0 Å². The molecule has 0 radical (unpaired) electrons. The van der Waals surface area contributed by atoms with Crippen LogP contribution in [0.15, 0.2) is 91.0 Å². The molecule has 0 spiro atoms. The Morgan fingerprint density at radius 3 is 1.31 bits per heavy atom. The minimum Gasteiger partial charge on any atom is -0.391 e. The van der Waals surface area contributed by atoms with Crippen LogP contribution in [0.3, 0.4) is 0 Å². The molecule has 0 amide bonds. The third-order valence-corrected chi connectivity index (χ3v) is 5.73. The van der Waals surface area contributed by atoms with Crippen molar-refractivity contribution in [3.63, 3.8) is 0 Å². The highest BCUT2D eigenvalue weighted by molar-refractivity contribution is 5.49. The molecule has 2 nitrogen and oxygen atoms in total. The van der Waals surface area contributed by atoms with Gasteiger partial charge in [-0.05, 0) is 28.5 Å². The van der Waals surface area contributed by atoms with Crippen LogP contribution in [-0.4, -0.2) is 17.3 Å².